The topological polar surface area (TPSA) is 0 Å². The fraction of sp³-hybridized carbons (Fsp3) is 0.750. The van der Waals surface area contributed by atoms with Crippen LogP contribution in [0.25, 0.3) is 0 Å². The molecular weight excluding hydrogens is 124 g/mol. The van der Waals surface area contributed by atoms with E-state index < -0.39 is 19.0 Å². The third-order valence-electron chi connectivity index (χ3n) is 0.588. The molecule has 0 heterocycles. The highest BCUT2D eigenvalue weighted by Gasteiger charge is 2.17. The molecule has 0 aliphatic heterocycles. The third-order valence-corrected chi connectivity index (χ3v) is 0.588. The van der Waals surface area contributed by atoms with Crippen molar-refractivity contribution >= 4 is 0 Å². The quantitative estimate of drug-likeness (QED) is 0.512. The van der Waals surface area contributed by atoms with Gasteiger partial charge in [0.25, 0.3) is 6.43 Å². The summed E-state index contributed by atoms with van der Waals surface area (Å²) in [6.45, 7) is -0.114. The van der Waals surface area contributed by atoms with Crippen molar-refractivity contribution in [2.45, 2.75) is 19.0 Å². The molecule has 4 heteroatoms. The summed E-state index contributed by atoms with van der Waals surface area (Å²) < 4.78 is 44.5. The molecule has 0 rings (SSSR count). The lowest BCUT2D eigenvalue weighted by atomic mass is 10.3. The van der Waals surface area contributed by atoms with Crippen LogP contribution in [0, 0.1) is 6.67 Å². The molecule has 1 unspecified atom stereocenters. The van der Waals surface area contributed by atoms with Crippen LogP contribution in [0.2, 0.25) is 0 Å². The Labute approximate surface area is 44.5 Å². The van der Waals surface area contributed by atoms with E-state index in [0.717, 1.165) is 0 Å². The highest BCUT2D eigenvalue weighted by atomic mass is 19.3. The Kier molecular flexibility index (Phi) is 3.56. The minimum atomic E-state index is -3.07. The molecule has 0 spiro atoms. The van der Waals surface area contributed by atoms with Gasteiger partial charge in [0.05, 0.1) is 0 Å². The average Bonchev–Trinajstić information content (AvgIpc) is 1.67. The smallest absolute Gasteiger partial charge is 0.244 e. The molecule has 1 atom stereocenters. The summed E-state index contributed by atoms with van der Waals surface area (Å²) >= 11 is 0. The minimum Gasteiger partial charge on any atom is -0.244 e. The molecule has 0 saturated carbocycles. The molecule has 8 heavy (non-hydrogen) atoms. The van der Waals surface area contributed by atoms with E-state index >= 15 is 0 Å². The van der Waals surface area contributed by atoms with Gasteiger partial charge in [-0.05, 0) is 0 Å². The summed E-state index contributed by atoms with van der Waals surface area (Å²) in [6, 6.07) is 0. The average molecular weight is 129 g/mol. The Hall–Kier alpha value is -0.280. The van der Waals surface area contributed by atoms with Gasteiger partial charge in [-0.2, -0.15) is 0 Å². The zero-order valence-corrected chi connectivity index (χ0v) is 3.95. The number of alkyl halides is 3. The van der Waals surface area contributed by atoms with Crippen LogP contribution in [0.5, 0.6) is 0 Å². The monoisotopic (exact) mass is 129 g/mol. The highest BCUT2D eigenvalue weighted by Crippen LogP contribution is 2.10. The predicted molar refractivity (Wildman–Crippen MR) is 20.9 cm³/mol. The highest BCUT2D eigenvalue weighted by molar-refractivity contribution is 4.62. The minimum absolute atomic E-state index is 0.114. The maximum Gasteiger partial charge on any atom is 0.269 e. The van der Waals surface area contributed by atoms with E-state index in [-0.39, 0.29) is 6.67 Å². The van der Waals surface area contributed by atoms with Crippen LogP contribution in [0.3, 0.4) is 0 Å². The molecule has 0 aromatic heterocycles. The largest absolute Gasteiger partial charge is 0.269 e. The molecule has 0 aromatic rings. The van der Waals surface area contributed by atoms with E-state index in [1.54, 1.807) is 0 Å². The van der Waals surface area contributed by atoms with Gasteiger partial charge in [0.1, 0.15) is 6.67 Å². The van der Waals surface area contributed by atoms with E-state index in [1.165, 1.54) is 0 Å². The van der Waals surface area contributed by atoms with Gasteiger partial charge < -0.3 is 0 Å². The van der Waals surface area contributed by atoms with Gasteiger partial charge in [-0.15, -0.1) is 0 Å². The SMILES string of the molecule is F[CH]CC(F)C(F)F. The van der Waals surface area contributed by atoms with Crippen molar-refractivity contribution in [1.29, 1.82) is 0 Å². The van der Waals surface area contributed by atoms with Gasteiger partial charge in [0.15, 0.2) is 6.17 Å². The molecule has 0 aromatic carbocycles. The van der Waals surface area contributed by atoms with Crippen molar-refractivity contribution in [3.8, 4) is 0 Å². The fourth-order valence-corrected chi connectivity index (χ4v) is 0.188. The second kappa shape index (κ2) is 3.69. The van der Waals surface area contributed by atoms with Crippen molar-refractivity contribution in [2.75, 3.05) is 0 Å². The normalized spacial score (nSPS) is 14.6. The number of hydrogen-bond acceptors (Lipinski definition) is 0. The van der Waals surface area contributed by atoms with Crippen LogP contribution in [0.4, 0.5) is 17.6 Å². The van der Waals surface area contributed by atoms with Gasteiger partial charge in [0.2, 0.25) is 0 Å². The Morgan fingerprint density at radius 3 is 1.88 bits per heavy atom. The fourth-order valence-electron chi connectivity index (χ4n) is 0.188. The van der Waals surface area contributed by atoms with Crippen molar-refractivity contribution < 1.29 is 17.6 Å². The van der Waals surface area contributed by atoms with E-state index in [4.69, 9.17) is 0 Å². The standard InChI is InChI=1S/C4H5F4/c5-2-1-3(6)4(7)8/h2-4H,1H2. The summed E-state index contributed by atoms with van der Waals surface area (Å²) in [7, 11) is 0. The van der Waals surface area contributed by atoms with Crippen molar-refractivity contribution in [3.05, 3.63) is 6.67 Å². The summed E-state index contributed by atoms with van der Waals surface area (Å²) in [4.78, 5) is 0. The molecule has 1 radical (unpaired) electrons. The van der Waals surface area contributed by atoms with E-state index in [2.05, 4.69) is 0 Å². The molecule has 0 amide bonds. The van der Waals surface area contributed by atoms with Gasteiger partial charge in [-0.25, -0.2) is 17.6 Å². The maximum absolute atomic E-state index is 11.5. The molecule has 0 N–H and O–H groups in total. The van der Waals surface area contributed by atoms with Crippen LogP contribution >= 0.6 is 0 Å². The second-order valence-electron chi connectivity index (χ2n) is 1.24. The predicted octanol–water partition coefficient (Wildman–Crippen LogP) is 2.11. The van der Waals surface area contributed by atoms with Crippen molar-refractivity contribution in [3.63, 3.8) is 0 Å². The number of rotatable bonds is 3. The molecule has 0 fully saturated rings. The zero-order valence-electron chi connectivity index (χ0n) is 3.95. The molecule has 0 bridgehead atoms. The van der Waals surface area contributed by atoms with E-state index in [1.807, 2.05) is 0 Å². The van der Waals surface area contributed by atoms with Crippen LogP contribution in [0.1, 0.15) is 6.42 Å². The Morgan fingerprint density at radius 2 is 1.75 bits per heavy atom. The molecule has 0 saturated heterocycles. The Morgan fingerprint density at radius 1 is 1.25 bits per heavy atom. The summed E-state index contributed by atoms with van der Waals surface area (Å²) in [5, 5.41) is 0. The summed E-state index contributed by atoms with van der Waals surface area (Å²) in [6.07, 6.45) is -6.24. The lowest BCUT2D eigenvalue weighted by Crippen LogP contribution is -2.10. The Bertz CT molecular complexity index is 54.0. The van der Waals surface area contributed by atoms with Gasteiger partial charge in [0, 0.05) is 6.42 Å². The van der Waals surface area contributed by atoms with Crippen LogP contribution in [-0.2, 0) is 0 Å². The van der Waals surface area contributed by atoms with Gasteiger partial charge >= 0.3 is 0 Å². The van der Waals surface area contributed by atoms with Gasteiger partial charge in [-0.3, -0.25) is 0 Å². The zero-order chi connectivity index (χ0) is 6.57. The number of halogens is 4. The van der Waals surface area contributed by atoms with E-state index in [0.29, 0.717) is 0 Å². The summed E-state index contributed by atoms with van der Waals surface area (Å²) in [5.41, 5.74) is 0. The third kappa shape index (κ3) is 2.82. The van der Waals surface area contributed by atoms with Crippen molar-refractivity contribution in [2.24, 2.45) is 0 Å². The van der Waals surface area contributed by atoms with Crippen LogP contribution in [-0.4, -0.2) is 12.6 Å². The van der Waals surface area contributed by atoms with Crippen LogP contribution in [0.15, 0.2) is 0 Å². The first kappa shape index (κ1) is 7.72. The molecule has 0 aliphatic rings. The molecule has 0 nitrogen and oxygen atoms in total. The first-order chi connectivity index (χ1) is 3.68. The molecule has 49 valence electrons. The Balaban J connectivity index is 3.17. The lowest BCUT2D eigenvalue weighted by molar-refractivity contribution is 0.0468. The first-order valence-corrected chi connectivity index (χ1v) is 2.02. The van der Waals surface area contributed by atoms with Crippen molar-refractivity contribution in [1.82, 2.24) is 0 Å². The molecular formula is C4H5F4. The van der Waals surface area contributed by atoms with Crippen LogP contribution < -0.4 is 0 Å². The molecule has 0 aliphatic carbocycles. The lowest BCUT2D eigenvalue weighted by Gasteiger charge is -2.00. The summed E-state index contributed by atoms with van der Waals surface area (Å²) in [5.74, 6) is 0. The maximum atomic E-state index is 11.5. The first-order valence-electron chi connectivity index (χ1n) is 2.02. The van der Waals surface area contributed by atoms with E-state index in [9.17, 15) is 17.6 Å². The van der Waals surface area contributed by atoms with Gasteiger partial charge in [-0.1, -0.05) is 0 Å². The second-order valence-corrected chi connectivity index (χ2v) is 1.24. The number of hydrogen-bond donors (Lipinski definition) is 0.